The van der Waals surface area contributed by atoms with Crippen LogP contribution in [0.2, 0.25) is 18.1 Å². The van der Waals surface area contributed by atoms with Gasteiger partial charge in [-0.1, -0.05) is 20.8 Å². The third-order valence-corrected chi connectivity index (χ3v) is 10.6. The first-order valence-electron chi connectivity index (χ1n) is 9.34. The third kappa shape index (κ3) is 3.37. The Morgan fingerprint density at radius 2 is 1.81 bits per heavy atom. The fraction of sp³-hybridized carbons (Fsp3) is 0.800. The highest BCUT2D eigenvalue weighted by atomic mass is 28.4. The van der Waals surface area contributed by atoms with Gasteiger partial charge in [-0.15, -0.1) is 0 Å². The minimum absolute atomic E-state index is 0.00290. The number of nitrogens with zero attached hydrogens (tertiary/aromatic N) is 1. The van der Waals surface area contributed by atoms with E-state index in [1.807, 2.05) is 13.8 Å². The molecule has 1 heterocycles. The lowest BCUT2D eigenvalue weighted by molar-refractivity contribution is -0.277. The van der Waals surface area contributed by atoms with Crippen LogP contribution in [0.4, 0.5) is 0 Å². The normalized spacial score (nSPS) is 30.1. The molecular formula is C20H33NO5Si. The Bertz CT molecular complexity index is 681. The highest BCUT2D eigenvalue weighted by Gasteiger charge is 2.68. The summed E-state index contributed by atoms with van der Waals surface area (Å²) in [5, 5.41) is 10.1. The van der Waals surface area contributed by atoms with Crippen molar-refractivity contribution in [2.24, 2.45) is 5.41 Å². The molecule has 0 N–H and O–H groups in total. The van der Waals surface area contributed by atoms with Crippen LogP contribution < -0.4 is 0 Å². The van der Waals surface area contributed by atoms with Gasteiger partial charge in [0.1, 0.15) is 0 Å². The second kappa shape index (κ2) is 6.70. The second-order valence-corrected chi connectivity index (χ2v) is 14.4. The summed E-state index contributed by atoms with van der Waals surface area (Å²) in [5.41, 5.74) is -2.22. The zero-order chi connectivity index (χ0) is 20.9. The molecule has 2 aliphatic rings. The number of methoxy groups -OCH3 is 2. The zero-order valence-electron chi connectivity index (χ0n) is 18.1. The van der Waals surface area contributed by atoms with Gasteiger partial charge in [-0.3, -0.25) is 4.79 Å². The van der Waals surface area contributed by atoms with Crippen molar-refractivity contribution in [3.05, 3.63) is 11.8 Å². The van der Waals surface area contributed by atoms with E-state index in [0.29, 0.717) is 12.2 Å². The highest BCUT2D eigenvalue weighted by molar-refractivity contribution is 6.74. The van der Waals surface area contributed by atoms with E-state index in [1.54, 1.807) is 6.08 Å². The predicted molar refractivity (Wildman–Crippen MR) is 104 cm³/mol. The molecule has 0 aromatic heterocycles. The molecular weight excluding hydrogens is 362 g/mol. The first kappa shape index (κ1) is 22.1. The number of nitriles is 1. The predicted octanol–water partition coefficient (Wildman–Crippen LogP) is 3.93. The summed E-state index contributed by atoms with van der Waals surface area (Å²) in [6.45, 7) is 14.5. The summed E-state index contributed by atoms with van der Waals surface area (Å²) in [7, 11) is 0.759. The van der Waals surface area contributed by atoms with Crippen LogP contribution in [0.15, 0.2) is 11.8 Å². The summed E-state index contributed by atoms with van der Waals surface area (Å²) >= 11 is 0. The number of carbonyl (C=O) groups excluding carboxylic acids is 1. The molecule has 7 heteroatoms. The molecule has 6 nitrogen and oxygen atoms in total. The Morgan fingerprint density at radius 3 is 2.26 bits per heavy atom. The average molecular weight is 396 g/mol. The zero-order valence-corrected chi connectivity index (χ0v) is 19.1. The number of carbonyl (C=O) groups is 1. The number of ketones is 1. The van der Waals surface area contributed by atoms with Gasteiger partial charge in [0, 0.05) is 33.1 Å². The van der Waals surface area contributed by atoms with Gasteiger partial charge in [0.25, 0.3) is 0 Å². The van der Waals surface area contributed by atoms with Crippen molar-refractivity contribution in [1.82, 2.24) is 0 Å². The van der Waals surface area contributed by atoms with Crippen LogP contribution in [0, 0.1) is 16.7 Å². The summed E-state index contributed by atoms with van der Waals surface area (Å²) in [4.78, 5) is 13.2. The smallest absolute Gasteiger partial charge is 0.250 e. The number of hydrogen-bond acceptors (Lipinski definition) is 6. The van der Waals surface area contributed by atoms with E-state index in [4.69, 9.17) is 18.6 Å². The molecule has 1 fully saturated rings. The molecule has 2 atom stereocenters. The van der Waals surface area contributed by atoms with Gasteiger partial charge in [0.05, 0.1) is 23.5 Å². The van der Waals surface area contributed by atoms with Gasteiger partial charge in [-0.05, 0) is 32.0 Å². The van der Waals surface area contributed by atoms with Crippen LogP contribution in [-0.2, 0) is 23.4 Å². The van der Waals surface area contributed by atoms with Crippen LogP contribution in [0.5, 0.6) is 0 Å². The topological polar surface area (TPSA) is 77.8 Å². The third-order valence-electron chi connectivity index (χ3n) is 6.23. The van der Waals surface area contributed by atoms with Crippen molar-refractivity contribution in [1.29, 1.82) is 5.26 Å². The molecule has 0 aromatic carbocycles. The molecule has 0 spiro atoms. The lowest BCUT2D eigenvalue weighted by Crippen LogP contribution is -2.67. The Balaban J connectivity index is 2.60. The van der Waals surface area contributed by atoms with E-state index < -0.39 is 31.2 Å². The first-order valence-corrected chi connectivity index (χ1v) is 12.2. The van der Waals surface area contributed by atoms with Gasteiger partial charge in [0.15, 0.2) is 11.2 Å². The van der Waals surface area contributed by atoms with Gasteiger partial charge < -0.3 is 18.6 Å². The Morgan fingerprint density at radius 1 is 1.26 bits per heavy atom. The monoisotopic (exact) mass is 395 g/mol. The number of rotatable bonds is 4. The maximum absolute atomic E-state index is 13.2. The van der Waals surface area contributed by atoms with Crippen molar-refractivity contribution >= 4 is 14.1 Å². The quantitative estimate of drug-likeness (QED) is 0.530. The molecule has 0 aromatic rings. The molecule has 152 valence electrons. The molecule has 0 saturated carbocycles. The van der Waals surface area contributed by atoms with Crippen LogP contribution in [0.3, 0.4) is 0 Å². The molecule has 0 radical (unpaired) electrons. The fourth-order valence-corrected chi connectivity index (χ4v) is 4.79. The van der Waals surface area contributed by atoms with E-state index in [2.05, 4.69) is 39.9 Å². The van der Waals surface area contributed by atoms with Crippen molar-refractivity contribution in [3.63, 3.8) is 0 Å². The number of Topliss-reactive ketones (excluding diaryl/α,β-unsaturated/α-hetero) is 1. The second-order valence-electron chi connectivity index (χ2n) is 9.64. The molecule has 0 amide bonds. The van der Waals surface area contributed by atoms with E-state index in [1.165, 1.54) is 14.2 Å². The minimum Gasteiger partial charge on any atom is -0.546 e. The number of fused-ring (bicyclic) bond motifs is 1. The Hall–Kier alpha value is -1.20. The molecule has 1 aliphatic carbocycles. The Kier molecular flexibility index (Phi) is 5.48. The Labute approximate surface area is 163 Å². The molecule has 0 bridgehead atoms. The fourth-order valence-electron chi connectivity index (χ4n) is 3.69. The summed E-state index contributed by atoms with van der Waals surface area (Å²) in [6.07, 6.45) is 1.43. The van der Waals surface area contributed by atoms with Crippen LogP contribution >= 0.6 is 0 Å². The SMILES string of the molecule is COC1(OC)C=C(O[Si](C)(C)C(C)(C)C)C[C@H]2OC(C)(C)CC(=O)[C@]21C#N. The lowest BCUT2D eigenvalue weighted by Gasteiger charge is -2.54. The summed E-state index contributed by atoms with van der Waals surface area (Å²) < 4.78 is 24.1. The van der Waals surface area contributed by atoms with E-state index >= 15 is 0 Å². The maximum atomic E-state index is 13.2. The largest absolute Gasteiger partial charge is 0.546 e. The van der Waals surface area contributed by atoms with Crippen molar-refractivity contribution in [3.8, 4) is 6.07 Å². The molecule has 1 aliphatic heterocycles. The van der Waals surface area contributed by atoms with Crippen LogP contribution in [0.1, 0.15) is 47.5 Å². The van der Waals surface area contributed by atoms with Crippen molar-refractivity contribution < 1.29 is 23.4 Å². The van der Waals surface area contributed by atoms with Crippen LogP contribution in [0.25, 0.3) is 0 Å². The summed E-state index contributed by atoms with van der Waals surface area (Å²) in [6, 6.07) is 2.20. The van der Waals surface area contributed by atoms with E-state index in [9.17, 15) is 10.1 Å². The van der Waals surface area contributed by atoms with Gasteiger partial charge in [-0.25, -0.2) is 0 Å². The van der Waals surface area contributed by atoms with Crippen molar-refractivity contribution in [2.75, 3.05) is 14.2 Å². The highest BCUT2D eigenvalue weighted by Crippen LogP contribution is 2.53. The first-order chi connectivity index (χ1) is 12.2. The summed E-state index contributed by atoms with van der Waals surface area (Å²) in [5.74, 6) is -1.11. The van der Waals surface area contributed by atoms with Crippen molar-refractivity contribution in [2.45, 2.75) is 83.1 Å². The number of ether oxygens (including phenoxy) is 3. The molecule has 0 unspecified atom stereocenters. The maximum Gasteiger partial charge on any atom is 0.250 e. The standard InChI is InChI=1S/C20H33NO5Si/c1-17(2,3)27(8,9)26-14-10-16-19(13-21,20(11-14,23-6)24-7)15(22)12-18(4,5)25-16/h11,16H,10,12H2,1-9H3/t16-,19-/m1/s1. The van der Waals surface area contributed by atoms with Gasteiger partial charge >= 0.3 is 0 Å². The molecule has 27 heavy (non-hydrogen) atoms. The van der Waals surface area contributed by atoms with E-state index in [0.717, 1.165) is 0 Å². The molecule has 1 saturated heterocycles. The number of hydrogen-bond donors (Lipinski definition) is 0. The van der Waals surface area contributed by atoms with E-state index in [-0.39, 0.29) is 17.2 Å². The average Bonchev–Trinajstić information content (AvgIpc) is 2.51. The minimum atomic E-state index is -2.13. The van der Waals surface area contributed by atoms with Gasteiger partial charge in [-0.2, -0.15) is 5.26 Å². The molecule has 2 rings (SSSR count). The van der Waals surface area contributed by atoms with Gasteiger partial charge in [0.2, 0.25) is 14.1 Å². The lowest BCUT2D eigenvalue weighted by atomic mass is 9.63. The van der Waals surface area contributed by atoms with Crippen LogP contribution in [-0.4, -0.2) is 45.8 Å².